The maximum absolute atomic E-state index is 10.8. The van der Waals surface area contributed by atoms with E-state index in [1.165, 1.54) is 31.2 Å². The quantitative estimate of drug-likeness (QED) is 0.820. The van der Waals surface area contributed by atoms with E-state index < -0.39 is 12.0 Å². The molecule has 1 aromatic carbocycles. The van der Waals surface area contributed by atoms with Gasteiger partial charge < -0.3 is 10.8 Å². The highest BCUT2D eigenvalue weighted by Crippen LogP contribution is 2.34. The average Bonchev–Trinajstić information content (AvgIpc) is 2.81. The van der Waals surface area contributed by atoms with Gasteiger partial charge in [-0.2, -0.15) is 0 Å². The van der Waals surface area contributed by atoms with Crippen molar-refractivity contribution in [2.75, 3.05) is 0 Å². The highest BCUT2D eigenvalue weighted by molar-refractivity contribution is 5.75. The molecule has 3 nitrogen and oxygen atoms in total. The Hall–Kier alpha value is -1.35. The summed E-state index contributed by atoms with van der Waals surface area (Å²) in [5, 5.41) is 8.87. The lowest BCUT2D eigenvalue weighted by molar-refractivity contribution is -0.138. The van der Waals surface area contributed by atoms with Gasteiger partial charge in [-0.25, -0.2) is 0 Å². The third-order valence-corrected chi connectivity index (χ3v) is 3.36. The minimum atomic E-state index is -0.969. The van der Waals surface area contributed by atoms with Crippen LogP contribution in [0, 0.1) is 0 Å². The molecule has 1 saturated carbocycles. The number of hydrogen-bond acceptors (Lipinski definition) is 2. The molecule has 86 valence electrons. The molecule has 3 N–H and O–H groups in total. The normalized spacial score (nSPS) is 18.6. The molecule has 0 aliphatic heterocycles. The topological polar surface area (TPSA) is 63.3 Å². The van der Waals surface area contributed by atoms with Gasteiger partial charge in [-0.15, -0.1) is 0 Å². The fourth-order valence-corrected chi connectivity index (χ4v) is 2.41. The fourth-order valence-electron chi connectivity index (χ4n) is 2.41. The Balaban J connectivity index is 2.21. The largest absolute Gasteiger partial charge is 0.480 e. The number of carboxylic acid groups (broad SMARTS) is 1. The van der Waals surface area contributed by atoms with E-state index in [0.29, 0.717) is 11.5 Å². The number of carbonyl (C=O) groups is 1. The lowest BCUT2D eigenvalue weighted by Gasteiger charge is -2.13. The number of hydrogen-bond donors (Lipinski definition) is 2. The Bertz CT molecular complexity index is 383. The predicted molar refractivity (Wildman–Crippen MR) is 62.2 cm³/mol. The summed E-state index contributed by atoms with van der Waals surface area (Å²) in [6, 6.07) is 6.83. The summed E-state index contributed by atoms with van der Waals surface area (Å²) in [6.07, 6.45) is 4.98. The van der Waals surface area contributed by atoms with Gasteiger partial charge in [0.25, 0.3) is 0 Å². The van der Waals surface area contributed by atoms with Crippen LogP contribution in [0.2, 0.25) is 0 Å². The molecule has 1 fully saturated rings. The van der Waals surface area contributed by atoms with Crippen molar-refractivity contribution in [3.8, 4) is 0 Å². The van der Waals surface area contributed by atoms with Crippen LogP contribution in [0.1, 0.15) is 48.8 Å². The summed E-state index contributed by atoms with van der Waals surface area (Å²) >= 11 is 0. The first kappa shape index (κ1) is 11.1. The van der Waals surface area contributed by atoms with Crippen LogP contribution in [0.25, 0.3) is 0 Å². The van der Waals surface area contributed by atoms with Crippen molar-refractivity contribution in [1.29, 1.82) is 0 Å². The Labute approximate surface area is 95.3 Å². The number of carboxylic acids is 1. The Kier molecular flexibility index (Phi) is 3.25. The number of benzene rings is 1. The molecule has 0 amide bonds. The monoisotopic (exact) mass is 219 g/mol. The highest BCUT2D eigenvalue weighted by Gasteiger charge is 2.19. The predicted octanol–water partition coefficient (Wildman–Crippen LogP) is 2.43. The number of rotatable bonds is 3. The van der Waals surface area contributed by atoms with E-state index in [-0.39, 0.29) is 0 Å². The Morgan fingerprint density at radius 2 is 2.06 bits per heavy atom. The van der Waals surface area contributed by atoms with Crippen molar-refractivity contribution >= 4 is 5.97 Å². The van der Waals surface area contributed by atoms with Crippen molar-refractivity contribution in [1.82, 2.24) is 0 Å². The molecule has 1 atom stereocenters. The van der Waals surface area contributed by atoms with Gasteiger partial charge in [0, 0.05) is 0 Å². The molecule has 0 radical (unpaired) electrons. The van der Waals surface area contributed by atoms with Gasteiger partial charge >= 0.3 is 5.97 Å². The van der Waals surface area contributed by atoms with Gasteiger partial charge in [-0.05, 0) is 29.9 Å². The van der Waals surface area contributed by atoms with Crippen LogP contribution >= 0.6 is 0 Å². The standard InChI is InChI=1S/C13H17NO2/c14-12(13(15)16)11-7-3-6-10(8-11)9-4-1-2-5-9/h3,6-9,12H,1-2,4-5,14H2,(H,15,16). The molecule has 1 aliphatic carbocycles. The zero-order valence-corrected chi connectivity index (χ0v) is 9.23. The summed E-state index contributed by atoms with van der Waals surface area (Å²) in [5.74, 6) is -0.371. The molecule has 0 aromatic heterocycles. The molecule has 0 saturated heterocycles. The smallest absolute Gasteiger partial charge is 0.325 e. The van der Waals surface area contributed by atoms with Gasteiger partial charge in [0.2, 0.25) is 0 Å². The van der Waals surface area contributed by atoms with Gasteiger partial charge in [-0.1, -0.05) is 37.1 Å². The second kappa shape index (κ2) is 4.66. The van der Waals surface area contributed by atoms with E-state index in [1.807, 2.05) is 12.1 Å². The van der Waals surface area contributed by atoms with E-state index in [0.717, 1.165) is 0 Å². The van der Waals surface area contributed by atoms with Crippen LogP contribution in [-0.2, 0) is 4.79 Å². The van der Waals surface area contributed by atoms with E-state index >= 15 is 0 Å². The number of nitrogens with two attached hydrogens (primary N) is 1. The zero-order valence-electron chi connectivity index (χ0n) is 9.23. The minimum absolute atomic E-state index is 0.598. The molecular weight excluding hydrogens is 202 g/mol. The van der Waals surface area contributed by atoms with Crippen molar-refractivity contribution in [3.63, 3.8) is 0 Å². The number of aliphatic carboxylic acids is 1. The van der Waals surface area contributed by atoms with Crippen LogP contribution < -0.4 is 5.73 Å². The second-order valence-corrected chi connectivity index (χ2v) is 4.47. The molecule has 1 unspecified atom stereocenters. The van der Waals surface area contributed by atoms with E-state index in [2.05, 4.69) is 6.07 Å². The van der Waals surface area contributed by atoms with Crippen LogP contribution in [0.5, 0.6) is 0 Å². The van der Waals surface area contributed by atoms with Crippen molar-refractivity contribution < 1.29 is 9.90 Å². The van der Waals surface area contributed by atoms with E-state index in [4.69, 9.17) is 10.8 Å². The summed E-state index contributed by atoms with van der Waals surface area (Å²) in [6.45, 7) is 0. The third kappa shape index (κ3) is 2.25. The minimum Gasteiger partial charge on any atom is -0.480 e. The van der Waals surface area contributed by atoms with Crippen LogP contribution in [-0.4, -0.2) is 11.1 Å². The molecule has 2 rings (SSSR count). The van der Waals surface area contributed by atoms with Crippen LogP contribution in [0.4, 0.5) is 0 Å². The fraction of sp³-hybridized carbons (Fsp3) is 0.462. The average molecular weight is 219 g/mol. The first-order valence-electron chi connectivity index (χ1n) is 5.76. The first-order chi connectivity index (χ1) is 7.68. The third-order valence-electron chi connectivity index (χ3n) is 3.36. The summed E-state index contributed by atoms with van der Waals surface area (Å²) in [5.41, 5.74) is 7.55. The van der Waals surface area contributed by atoms with E-state index in [1.54, 1.807) is 6.07 Å². The zero-order chi connectivity index (χ0) is 11.5. The van der Waals surface area contributed by atoms with Gasteiger partial charge in [0.05, 0.1) is 0 Å². The molecule has 1 aliphatic rings. The molecule has 0 heterocycles. The maximum Gasteiger partial charge on any atom is 0.325 e. The highest BCUT2D eigenvalue weighted by atomic mass is 16.4. The van der Waals surface area contributed by atoms with Gasteiger partial charge in [-0.3, -0.25) is 4.79 Å². The molecule has 1 aromatic rings. The first-order valence-corrected chi connectivity index (χ1v) is 5.76. The Morgan fingerprint density at radius 3 is 2.69 bits per heavy atom. The van der Waals surface area contributed by atoms with Gasteiger partial charge in [0.1, 0.15) is 6.04 Å². The molecular formula is C13H17NO2. The summed E-state index contributed by atoms with van der Waals surface area (Å²) in [4.78, 5) is 10.8. The summed E-state index contributed by atoms with van der Waals surface area (Å²) in [7, 11) is 0. The van der Waals surface area contributed by atoms with Crippen LogP contribution in [0.15, 0.2) is 24.3 Å². The molecule has 0 spiro atoms. The molecule has 3 heteroatoms. The molecule has 0 bridgehead atoms. The lowest BCUT2D eigenvalue weighted by Crippen LogP contribution is -2.20. The van der Waals surface area contributed by atoms with Crippen molar-refractivity contribution in [3.05, 3.63) is 35.4 Å². The van der Waals surface area contributed by atoms with Crippen molar-refractivity contribution in [2.45, 2.75) is 37.6 Å². The van der Waals surface area contributed by atoms with Crippen molar-refractivity contribution in [2.24, 2.45) is 5.73 Å². The maximum atomic E-state index is 10.8. The SMILES string of the molecule is NC(C(=O)O)c1cccc(C2CCCC2)c1. The lowest BCUT2D eigenvalue weighted by atomic mass is 9.94. The van der Waals surface area contributed by atoms with E-state index in [9.17, 15) is 4.79 Å². The summed E-state index contributed by atoms with van der Waals surface area (Å²) < 4.78 is 0. The van der Waals surface area contributed by atoms with Crippen LogP contribution in [0.3, 0.4) is 0 Å². The Morgan fingerprint density at radius 1 is 1.38 bits per heavy atom. The second-order valence-electron chi connectivity index (χ2n) is 4.47. The van der Waals surface area contributed by atoms with Gasteiger partial charge in [0.15, 0.2) is 0 Å². The molecule has 16 heavy (non-hydrogen) atoms.